The molecule has 1 aromatic carbocycles. The second-order valence-corrected chi connectivity index (χ2v) is 3.46. The molecule has 0 radical (unpaired) electrons. The molecule has 0 aliphatic rings. The zero-order valence-electron chi connectivity index (χ0n) is 9.00. The topological polar surface area (TPSA) is 65.9 Å². The fourth-order valence-corrected chi connectivity index (χ4v) is 1.75. The third-order valence-electron chi connectivity index (χ3n) is 2.60. The normalized spacial score (nSPS) is 10.1. The lowest BCUT2D eigenvalue weighted by atomic mass is 10.1. The number of benzene rings is 1. The van der Waals surface area contributed by atoms with E-state index in [9.17, 15) is 4.79 Å². The summed E-state index contributed by atoms with van der Waals surface area (Å²) in [5.41, 5.74) is 2.41. The van der Waals surface area contributed by atoms with Crippen molar-refractivity contribution in [1.82, 2.24) is 4.98 Å². The van der Waals surface area contributed by atoms with Crippen LogP contribution >= 0.6 is 0 Å². The van der Waals surface area contributed by atoms with Crippen molar-refractivity contribution in [2.75, 3.05) is 7.11 Å². The number of rotatable bonds is 1. The Kier molecular flexibility index (Phi) is 2.37. The minimum Gasteiger partial charge on any atom is -0.464 e. The predicted octanol–water partition coefficient (Wildman–Crippen LogP) is 2.13. The lowest BCUT2D eigenvalue weighted by molar-refractivity contribution is 0.0594. The van der Waals surface area contributed by atoms with Crippen molar-refractivity contribution in [3.05, 3.63) is 35.0 Å². The van der Waals surface area contributed by atoms with Crippen LogP contribution in [0.4, 0.5) is 0 Å². The Hall–Kier alpha value is -2.28. The van der Waals surface area contributed by atoms with E-state index < -0.39 is 5.97 Å². The summed E-state index contributed by atoms with van der Waals surface area (Å²) in [6, 6.07) is 7.46. The van der Waals surface area contributed by atoms with Gasteiger partial charge in [-0.3, -0.25) is 0 Å². The number of nitrogens with one attached hydrogen (secondary N) is 1. The van der Waals surface area contributed by atoms with E-state index in [2.05, 4.69) is 15.8 Å². The number of esters is 1. The lowest BCUT2D eigenvalue weighted by Crippen LogP contribution is -2.03. The van der Waals surface area contributed by atoms with Crippen LogP contribution in [0.3, 0.4) is 0 Å². The van der Waals surface area contributed by atoms with E-state index in [-0.39, 0.29) is 0 Å². The standard InChI is InChI=1S/C12H10N2O2/c1-7-9-5-3-4-8(6-13)11(9)14-10(7)12(15)16-2/h3-5,14H,1-2H3. The maximum absolute atomic E-state index is 11.5. The molecule has 16 heavy (non-hydrogen) atoms. The molecule has 2 rings (SSSR count). The summed E-state index contributed by atoms with van der Waals surface area (Å²) in [7, 11) is 1.33. The highest BCUT2D eigenvalue weighted by Gasteiger charge is 2.16. The molecule has 0 saturated heterocycles. The highest BCUT2D eigenvalue weighted by atomic mass is 16.5. The number of aromatic nitrogens is 1. The third-order valence-corrected chi connectivity index (χ3v) is 2.60. The molecule has 2 aromatic rings. The first kappa shape index (κ1) is 10.2. The summed E-state index contributed by atoms with van der Waals surface area (Å²) in [6.45, 7) is 1.83. The fraction of sp³-hybridized carbons (Fsp3) is 0.167. The number of aromatic amines is 1. The van der Waals surface area contributed by atoms with Crippen molar-refractivity contribution in [3.8, 4) is 6.07 Å². The van der Waals surface area contributed by atoms with E-state index in [1.165, 1.54) is 7.11 Å². The first-order valence-electron chi connectivity index (χ1n) is 4.78. The molecule has 0 aliphatic carbocycles. The van der Waals surface area contributed by atoms with Crippen LogP contribution in [0, 0.1) is 18.3 Å². The maximum Gasteiger partial charge on any atom is 0.354 e. The average Bonchev–Trinajstić information content (AvgIpc) is 2.66. The fourth-order valence-electron chi connectivity index (χ4n) is 1.75. The van der Waals surface area contributed by atoms with Crippen molar-refractivity contribution >= 4 is 16.9 Å². The minimum atomic E-state index is -0.419. The molecule has 0 aliphatic heterocycles. The largest absolute Gasteiger partial charge is 0.464 e. The van der Waals surface area contributed by atoms with Gasteiger partial charge in [0.15, 0.2) is 0 Å². The number of nitriles is 1. The maximum atomic E-state index is 11.5. The number of carbonyl (C=O) groups excluding carboxylic acids is 1. The van der Waals surface area contributed by atoms with E-state index >= 15 is 0 Å². The van der Waals surface area contributed by atoms with Crippen molar-refractivity contribution in [1.29, 1.82) is 5.26 Å². The number of fused-ring (bicyclic) bond motifs is 1. The van der Waals surface area contributed by atoms with Crippen molar-refractivity contribution in [2.45, 2.75) is 6.92 Å². The Bertz CT molecular complexity index is 605. The number of hydrogen-bond acceptors (Lipinski definition) is 3. The van der Waals surface area contributed by atoms with E-state index in [1.54, 1.807) is 12.1 Å². The number of nitrogens with zero attached hydrogens (tertiary/aromatic N) is 1. The SMILES string of the molecule is COC(=O)c1[nH]c2c(C#N)cccc2c1C. The van der Waals surface area contributed by atoms with Crippen LogP contribution in [-0.4, -0.2) is 18.1 Å². The summed E-state index contributed by atoms with van der Waals surface area (Å²) in [4.78, 5) is 14.4. The van der Waals surface area contributed by atoms with Gasteiger partial charge in [-0.05, 0) is 18.6 Å². The van der Waals surface area contributed by atoms with E-state index in [0.717, 1.165) is 10.9 Å². The van der Waals surface area contributed by atoms with Crippen LogP contribution in [0.25, 0.3) is 10.9 Å². The van der Waals surface area contributed by atoms with Crippen molar-refractivity contribution in [2.24, 2.45) is 0 Å². The molecular formula is C12H10N2O2. The van der Waals surface area contributed by atoms with Crippen LogP contribution in [-0.2, 0) is 4.74 Å². The van der Waals surface area contributed by atoms with E-state index in [4.69, 9.17) is 5.26 Å². The quantitative estimate of drug-likeness (QED) is 0.739. The molecule has 4 heteroatoms. The number of methoxy groups -OCH3 is 1. The second-order valence-electron chi connectivity index (χ2n) is 3.46. The van der Waals surface area contributed by atoms with Gasteiger partial charge in [-0.2, -0.15) is 5.26 Å². The Balaban J connectivity index is 2.78. The van der Waals surface area contributed by atoms with Gasteiger partial charge in [-0.15, -0.1) is 0 Å². The molecule has 0 bridgehead atoms. The highest BCUT2D eigenvalue weighted by molar-refractivity contribution is 5.99. The Morgan fingerprint density at radius 1 is 1.50 bits per heavy atom. The van der Waals surface area contributed by atoms with Gasteiger partial charge < -0.3 is 9.72 Å². The number of ether oxygens (including phenoxy) is 1. The van der Waals surface area contributed by atoms with Crippen LogP contribution in [0.15, 0.2) is 18.2 Å². The number of hydrogen-bond donors (Lipinski definition) is 1. The van der Waals surface area contributed by atoms with Gasteiger partial charge >= 0.3 is 5.97 Å². The Morgan fingerprint density at radius 2 is 2.25 bits per heavy atom. The van der Waals surface area contributed by atoms with Crippen molar-refractivity contribution < 1.29 is 9.53 Å². The molecule has 0 unspecified atom stereocenters. The van der Waals surface area contributed by atoms with Crippen LogP contribution in [0.5, 0.6) is 0 Å². The summed E-state index contributed by atoms with van der Waals surface area (Å²) in [6.07, 6.45) is 0. The van der Waals surface area contributed by atoms with Crippen LogP contribution in [0.1, 0.15) is 21.6 Å². The molecule has 0 amide bonds. The van der Waals surface area contributed by atoms with Gasteiger partial charge in [0.2, 0.25) is 0 Å². The molecule has 80 valence electrons. The highest BCUT2D eigenvalue weighted by Crippen LogP contribution is 2.24. The molecule has 4 nitrogen and oxygen atoms in total. The molecule has 0 atom stereocenters. The van der Waals surface area contributed by atoms with Crippen LogP contribution in [0.2, 0.25) is 0 Å². The van der Waals surface area contributed by atoms with Gasteiger partial charge in [0.05, 0.1) is 18.2 Å². The molecule has 0 saturated carbocycles. The molecule has 1 N–H and O–H groups in total. The number of para-hydroxylation sites is 1. The monoisotopic (exact) mass is 214 g/mol. The molecular weight excluding hydrogens is 204 g/mol. The first-order valence-corrected chi connectivity index (χ1v) is 4.78. The lowest BCUT2D eigenvalue weighted by Gasteiger charge is -1.95. The summed E-state index contributed by atoms with van der Waals surface area (Å²) < 4.78 is 4.67. The third kappa shape index (κ3) is 1.34. The van der Waals surface area contributed by atoms with Crippen molar-refractivity contribution in [3.63, 3.8) is 0 Å². The van der Waals surface area contributed by atoms with E-state index in [0.29, 0.717) is 16.8 Å². The van der Waals surface area contributed by atoms with Gasteiger partial charge in [0.1, 0.15) is 11.8 Å². The van der Waals surface area contributed by atoms with Gasteiger partial charge in [-0.1, -0.05) is 12.1 Å². The van der Waals surface area contributed by atoms with E-state index in [1.807, 2.05) is 13.0 Å². The number of aryl methyl sites for hydroxylation is 1. The van der Waals surface area contributed by atoms with Gasteiger partial charge in [0.25, 0.3) is 0 Å². The summed E-state index contributed by atoms with van der Waals surface area (Å²) in [5.74, 6) is -0.419. The smallest absolute Gasteiger partial charge is 0.354 e. The molecule has 0 spiro atoms. The predicted molar refractivity (Wildman–Crippen MR) is 59.1 cm³/mol. The second kappa shape index (κ2) is 3.70. The first-order chi connectivity index (χ1) is 7.69. The Labute approximate surface area is 92.4 Å². The van der Waals surface area contributed by atoms with Crippen LogP contribution < -0.4 is 0 Å². The number of H-pyrrole nitrogens is 1. The zero-order valence-corrected chi connectivity index (χ0v) is 9.00. The summed E-state index contributed by atoms with van der Waals surface area (Å²) >= 11 is 0. The zero-order chi connectivity index (χ0) is 11.7. The minimum absolute atomic E-state index is 0.403. The molecule has 0 fully saturated rings. The van der Waals surface area contributed by atoms with Gasteiger partial charge in [-0.25, -0.2) is 4.79 Å². The number of carbonyl (C=O) groups is 1. The average molecular weight is 214 g/mol. The molecule has 1 heterocycles. The summed E-state index contributed by atoms with van der Waals surface area (Å²) in [5, 5.41) is 9.82. The van der Waals surface area contributed by atoms with Gasteiger partial charge in [0, 0.05) is 5.39 Å². The molecule has 1 aromatic heterocycles. The Morgan fingerprint density at radius 3 is 2.88 bits per heavy atom.